The topological polar surface area (TPSA) is 163 Å². The summed E-state index contributed by atoms with van der Waals surface area (Å²) in [6.45, 7) is 3.79. The molecule has 0 aliphatic carbocycles. The number of nitrogens with one attached hydrogen (secondary N) is 2. The summed E-state index contributed by atoms with van der Waals surface area (Å²) in [5, 5.41) is 22.0. The van der Waals surface area contributed by atoms with E-state index in [4.69, 9.17) is 4.84 Å². The van der Waals surface area contributed by atoms with Gasteiger partial charge in [-0.2, -0.15) is 0 Å². The molecule has 2 fully saturated rings. The third-order valence-electron chi connectivity index (χ3n) is 5.65. The second kappa shape index (κ2) is 12.0. The van der Waals surface area contributed by atoms with E-state index in [1.165, 1.54) is 22.0 Å². The van der Waals surface area contributed by atoms with Gasteiger partial charge in [0.05, 0.1) is 0 Å². The number of aryl methyl sites for hydroxylation is 1. The first kappa shape index (κ1) is 27.6. The molecule has 4 heterocycles. The summed E-state index contributed by atoms with van der Waals surface area (Å²) >= 11 is 3.54. The second-order valence-corrected chi connectivity index (χ2v) is 11.5. The lowest BCUT2D eigenvalue weighted by Gasteiger charge is -2.53. The van der Waals surface area contributed by atoms with Crippen LogP contribution in [0.4, 0.5) is 5.13 Å². The summed E-state index contributed by atoms with van der Waals surface area (Å²) in [5.41, 5.74) is 1.76. The molecule has 15 heteroatoms. The van der Waals surface area contributed by atoms with Crippen molar-refractivity contribution < 1.29 is 29.1 Å². The predicted molar refractivity (Wildman–Crippen MR) is 146 cm³/mol. The maximum absolute atomic E-state index is 13.0. The number of rotatable bonds is 11. The van der Waals surface area contributed by atoms with E-state index in [1.807, 2.05) is 19.1 Å². The van der Waals surface area contributed by atoms with E-state index >= 15 is 0 Å². The van der Waals surface area contributed by atoms with Gasteiger partial charge in [-0.1, -0.05) is 11.2 Å². The second-order valence-electron chi connectivity index (χ2n) is 8.23. The van der Waals surface area contributed by atoms with Gasteiger partial charge in [-0.15, -0.1) is 34.9 Å². The monoisotopic (exact) mass is 576 g/mol. The molecule has 0 radical (unpaired) electrons. The molecule has 3 amide bonds. The van der Waals surface area contributed by atoms with Crippen LogP contribution >= 0.6 is 34.9 Å². The van der Waals surface area contributed by atoms with Gasteiger partial charge in [-0.25, -0.2) is 4.98 Å². The van der Waals surface area contributed by atoms with Crippen molar-refractivity contribution in [1.29, 1.82) is 0 Å². The van der Waals surface area contributed by atoms with E-state index in [1.54, 1.807) is 24.6 Å². The number of carboxylic acids is 1. The molecule has 3 N–H and O–H groups in total. The molecule has 0 saturated carbocycles. The lowest BCUT2D eigenvalue weighted by molar-refractivity contribution is -0.151. The van der Waals surface area contributed by atoms with Crippen molar-refractivity contribution in [2.45, 2.75) is 30.0 Å². The standard InChI is InChI=1S/C23H24N6O6S3/c1-3-35-28-16(15-9-36-22(26-15)25-12-30)18(31)27-17-19(32)29-10-23(21(33)34,11-37-20(17)29)38-7-6-14-5-4-13(2)24-8-14/h4-9,12,17,20H,3,10-11H2,1-2H3,(H,27,31)(H,33,34)(H,25,26,30)/t17?,20-,23?/m1/s1. The molecule has 2 aromatic rings. The average molecular weight is 577 g/mol. The number of carbonyl (C=O) groups excluding carboxylic acids is 3. The van der Waals surface area contributed by atoms with Crippen LogP contribution in [-0.2, 0) is 24.0 Å². The number of hydrogen-bond donors (Lipinski definition) is 3. The van der Waals surface area contributed by atoms with Gasteiger partial charge in [0, 0.05) is 29.6 Å². The summed E-state index contributed by atoms with van der Waals surface area (Å²) in [5.74, 6) is -1.84. The zero-order valence-corrected chi connectivity index (χ0v) is 22.8. The van der Waals surface area contributed by atoms with Gasteiger partial charge in [0.1, 0.15) is 28.5 Å². The van der Waals surface area contributed by atoms with Gasteiger partial charge >= 0.3 is 5.97 Å². The molecule has 3 atom stereocenters. The smallest absolute Gasteiger partial charge is 0.322 e. The SMILES string of the molecule is CCON=C(C(=O)NC1C(=O)N2CC(SC=Cc3ccc(C)nc3)(C(=O)O)CS[C@H]12)c1csc(NC=O)n1. The third kappa shape index (κ3) is 5.84. The van der Waals surface area contributed by atoms with Gasteiger partial charge in [0.15, 0.2) is 10.8 Å². The molecular formula is C23H24N6O6S3. The molecule has 2 unspecified atom stereocenters. The summed E-state index contributed by atoms with van der Waals surface area (Å²) in [6.07, 6.45) is 3.95. The molecule has 38 heavy (non-hydrogen) atoms. The number of nitrogens with zero attached hydrogens (tertiary/aromatic N) is 4. The highest BCUT2D eigenvalue weighted by Crippen LogP contribution is 2.44. The van der Waals surface area contributed by atoms with Gasteiger partial charge < -0.3 is 25.5 Å². The van der Waals surface area contributed by atoms with Crippen molar-refractivity contribution in [3.63, 3.8) is 0 Å². The van der Waals surface area contributed by atoms with Crippen LogP contribution in [0.2, 0.25) is 0 Å². The van der Waals surface area contributed by atoms with Crippen LogP contribution in [0.25, 0.3) is 6.08 Å². The lowest BCUT2D eigenvalue weighted by Crippen LogP contribution is -2.74. The Morgan fingerprint density at radius 1 is 1.42 bits per heavy atom. The average Bonchev–Trinajstić information content (AvgIpc) is 3.37. The highest BCUT2D eigenvalue weighted by molar-refractivity contribution is 8.06. The van der Waals surface area contributed by atoms with Crippen LogP contribution in [0, 0.1) is 6.92 Å². The Kier molecular flexibility index (Phi) is 8.69. The number of hydrogen-bond acceptors (Lipinski definition) is 11. The predicted octanol–water partition coefficient (Wildman–Crippen LogP) is 1.78. The Hall–Kier alpha value is -3.43. The van der Waals surface area contributed by atoms with Gasteiger partial charge in [0.2, 0.25) is 12.3 Å². The molecule has 2 aliphatic rings. The highest BCUT2D eigenvalue weighted by atomic mass is 32.2. The van der Waals surface area contributed by atoms with E-state index in [-0.39, 0.29) is 41.3 Å². The number of fused-ring (bicyclic) bond motifs is 1. The molecular weight excluding hydrogens is 552 g/mol. The van der Waals surface area contributed by atoms with E-state index in [9.17, 15) is 24.3 Å². The Balaban J connectivity index is 1.42. The lowest BCUT2D eigenvalue weighted by atomic mass is 10.0. The molecule has 0 aromatic carbocycles. The number of aliphatic carboxylic acids is 1. The minimum Gasteiger partial charge on any atom is -0.480 e. The molecule has 12 nitrogen and oxygen atoms in total. The van der Waals surface area contributed by atoms with E-state index in [0.29, 0.717) is 6.41 Å². The van der Waals surface area contributed by atoms with E-state index < -0.39 is 28.0 Å². The van der Waals surface area contributed by atoms with Crippen LogP contribution in [0.1, 0.15) is 23.9 Å². The highest BCUT2D eigenvalue weighted by Gasteiger charge is 2.57. The molecule has 2 aromatic heterocycles. The Morgan fingerprint density at radius 2 is 2.24 bits per heavy atom. The zero-order chi connectivity index (χ0) is 27.3. The minimum absolute atomic E-state index is 0.000931. The minimum atomic E-state index is -1.23. The van der Waals surface area contributed by atoms with Gasteiger partial charge in [-0.05, 0) is 37.0 Å². The first-order valence-corrected chi connectivity index (χ1v) is 14.2. The molecule has 2 aliphatic heterocycles. The largest absolute Gasteiger partial charge is 0.480 e. The van der Waals surface area contributed by atoms with Crippen molar-refractivity contribution in [1.82, 2.24) is 20.2 Å². The summed E-state index contributed by atoms with van der Waals surface area (Å²) < 4.78 is -1.23. The number of carbonyl (C=O) groups is 4. The van der Waals surface area contributed by atoms with Crippen molar-refractivity contribution in [3.8, 4) is 0 Å². The maximum atomic E-state index is 13.0. The fraction of sp³-hybridized carbons (Fsp3) is 0.348. The number of β-lactam (4-membered cyclic amide) rings is 1. The number of carboxylic acid groups (broad SMARTS) is 1. The number of amides is 3. The first-order chi connectivity index (χ1) is 18.3. The number of thioether (sulfide) groups is 2. The van der Waals surface area contributed by atoms with Gasteiger partial charge in [0.25, 0.3) is 5.91 Å². The maximum Gasteiger partial charge on any atom is 0.322 e. The van der Waals surface area contributed by atoms with Crippen LogP contribution < -0.4 is 10.6 Å². The Bertz CT molecular complexity index is 1280. The molecule has 4 rings (SSSR count). The summed E-state index contributed by atoms with van der Waals surface area (Å²) in [7, 11) is 0. The van der Waals surface area contributed by atoms with E-state index in [2.05, 4.69) is 25.8 Å². The Morgan fingerprint density at radius 3 is 2.92 bits per heavy atom. The number of pyridine rings is 1. The van der Waals surface area contributed by atoms with Crippen molar-refractivity contribution in [2.75, 3.05) is 24.2 Å². The van der Waals surface area contributed by atoms with Crippen molar-refractivity contribution in [2.24, 2.45) is 5.16 Å². The first-order valence-electron chi connectivity index (χ1n) is 11.4. The number of oxime groups is 1. The van der Waals surface area contributed by atoms with Crippen LogP contribution in [0.3, 0.4) is 0 Å². The van der Waals surface area contributed by atoms with E-state index in [0.717, 1.165) is 34.4 Å². The third-order valence-corrected chi connectivity index (χ3v) is 9.30. The number of thiazole rings is 1. The van der Waals surface area contributed by atoms with Crippen LogP contribution in [0.5, 0.6) is 0 Å². The summed E-state index contributed by atoms with van der Waals surface area (Å²) in [6, 6.07) is 2.90. The molecule has 0 bridgehead atoms. The fourth-order valence-corrected chi connectivity index (χ4v) is 6.99. The molecule has 0 spiro atoms. The van der Waals surface area contributed by atoms with Gasteiger partial charge in [-0.3, -0.25) is 24.2 Å². The Labute approximate surface area is 230 Å². The van der Waals surface area contributed by atoms with Crippen LogP contribution in [0.15, 0.2) is 34.3 Å². The zero-order valence-electron chi connectivity index (χ0n) is 20.3. The van der Waals surface area contributed by atoms with Crippen molar-refractivity contribution >= 4 is 76.0 Å². The molecule has 2 saturated heterocycles. The fourth-order valence-electron chi connectivity index (χ4n) is 3.67. The summed E-state index contributed by atoms with van der Waals surface area (Å²) in [4.78, 5) is 63.8. The quantitative estimate of drug-likeness (QED) is 0.156. The molecule has 200 valence electrons. The van der Waals surface area contributed by atoms with Crippen LogP contribution in [-0.4, -0.2) is 84.9 Å². The normalized spacial score (nSPS) is 22.9. The number of anilines is 1. The number of aromatic nitrogens is 2. The van der Waals surface area contributed by atoms with Crippen molar-refractivity contribution in [3.05, 3.63) is 46.1 Å².